The summed E-state index contributed by atoms with van der Waals surface area (Å²) in [5, 5.41) is 2.61. The molecule has 0 aliphatic carbocycles. The summed E-state index contributed by atoms with van der Waals surface area (Å²) in [4.78, 5) is 28.5. The summed E-state index contributed by atoms with van der Waals surface area (Å²) < 4.78 is 38.3. The Hall–Kier alpha value is -2.70. The molecule has 0 bridgehead atoms. The molecular formula is C20H21F3N2O2. The lowest BCUT2D eigenvalue weighted by Crippen LogP contribution is -2.24. The van der Waals surface area contributed by atoms with Gasteiger partial charge < -0.3 is 5.32 Å². The molecular weight excluding hydrogens is 357 g/mol. The normalized spacial score (nSPS) is 11.5. The van der Waals surface area contributed by atoms with Crippen molar-refractivity contribution in [3.8, 4) is 0 Å². The number of nitrogens with one attached hydrogen (secondary N) is 1. The van der Waals surface area contributed by atoms with E-state index in [1.807, 2.05) is 0 Å². The number of hydrogen-bond donors (Lipinski definition) is 1. The minimum absolute atomic E-state index is 0.0171. The highest BCUT2D eigenvalue weighted by molar-refractivity contribution is 5.94. The predicted octanol–water partition coefficient (Wildman–Crippen LogP) is 4.11. The van der Waals surface area contributed by atoms with E-state index in [2.05, 4.69) is 10.3 Å². The van der Waals surface area contributed by atoms with Crippen LogP contribution >= 0.6 is 0 Å². The van der Waals surface area contributed by atoms with Gasteiger partial charge in [0.2, 0.25) is 0 Å². The van der Waals surface area contributed by atoms with E-state index in [0.29, 0.717) is 22.5 Å². The largest absolute Gasteiger partial charge is 0.416 e. The highest BCUT2D eigenvalue weighted by atomic mass is 19.4. The second-order valence-electron chi connectivity index (χ2n) is 6.67. The fourth-order valence-electron chi connectivity index (χ4n) is 2.48. The third kappa shape index (κ3) is 5.91. The summed E-state index contributed by atoms with van der Waals surface area (Å²) in [6, 6.07) is 7.91. The number of alkyl halides is 3. The van der Waals surface area contributed by atoms with Crippen LogP contribution in [0.25, 0.3) is 0 Å². The Kier molecular flexibility index (Phi) is 6.36. The van der Waals surface area contributed by atoms with Gasteiger partial charge in [-0.15, -0.1) is 0 Å². The van der Waals surface area contributed by atoms with E-state index >= 15 is 0 Å². The van der Waals surface area contributed by atoms with E-state index in [-0.39, 0.29) is 24.7 Å². The molecule has 0 unspecified atom stereocenters. The molecule has 1 heterocycles. The molecule has 144 valence electrons. The number of aromatic nitrogens is 1. The fourth-order valence-corrected chi connectivity index (χ4v) is 2.48. The molecule has 27 heavy (non-hydrogen) atoms. The quantitative estimate of drug-likeness (QED) is 0.823. The maximum Gasteiger partial charge on any atom is 0.416 e. The van der Waals surface area contributed by atoms with Gasteiger partial charge in [-0.1, -0.05) is 26.0 Å². The molecule has 0 fully saturated rings. The van der Waals surface area contributed by atoms with E-state index in [9.17, 15) is 22.8 Å². The molecule has 2 aromatic rings. The second-order valence-corrected chi connectivity index (χ2v) is 6.67. The van der Waals surface area contributed by atoms with Crippen LogP contribution in [0.2, 0.25) is 0 Å². The first-order chi connectivity index (χ1) is 12.6. The highest BCUT2D eigenvalue weighted by Gasteiger charge is 2.30. The average Bonchev–Trinajstić information content (AvgIpc) is 2.58. The smallest absolute Gasteiger partial charge is 0.348 e. The first kappa shape index (κ1) is 20.6. The number of rotatable bonds is 6. The Bertz CT molecular complexity index is 845. The van der Waals surface area contributed by atoms with Crippen LogP contribution in [0.3, 0.4) is 0 Å². The molecule has 2 rings (SSSR count). The number of pyridine rings is 1. The molecule has 0 atom stereocenters. The Balaban J connectivity index is 2.10. The molecule has 1 aromatic carbocycles. The van der Waals surface area contributed by atoms with Gasteiger partial charge in [-0.25, -0.2) is 0 Å². The summed E-state index contributed by atoms with van der Waals surface area (Å²) in [7, 11) is 0. The lowest BCUT2D eigenvalue weighted by atomic mass is 10.0. The van der Waals surface area contributed by atoms with Crippen LogP contribution in [0.15, 0.2) is 36.4 Å². The van der Waals surface area contributed by atoms with Gasteiger partial charge in [-0.05, 0) is 36.8 Å². The van der Waals surface area contributed by atoms with Crippen molar-refractivity contribution >= 4 is 11.7 Å². The van der Waals surface area contributed by atoms with Gasteiger partial charge in [0.15, 0.2) is 0 Å². The fraction of sp³-hybridized carbons (Fsp3) is 0.350. The minimum atomic E-state index is -4.43. The van der Waals surface area contributed by atoms with Crippen molar-refractivity contribution in [3.05, 3.63) is 64.5 Å². The van der Waals surface area contributed by atoms with Gasteiger partial charge >= 0.3 is 6.18 Å². The van der Waals surface area contributed by atoms with Crippen molar-refractivity contribution in [2.24, 2.45) is 5.92 Å². The van der Waals surface area contributed by atoms with E-state index in [1.54, 1.807) is 26.8 Å². The van der Waals surface area contributed by atoms with Gasteiger partial charge in [-0.3, -0.25) is 14.6 Å². The number of hydrogen-bond acceptors (Lipinski definition) is 3. The van der Waals surface area contributed by atoms with Crippen LogP contribution in [0.1, 0.15) is 46.7 Å². The van der Waals surface area contributed by atoms with Crippen molar-refractivity contribution in [1.29, 1.82) is 0 Å². The molecule has 4 nitrogen and oxygen atoms in total. The summed E-state index contributed by atoms with van der Waals surface area (Å²) in [5.41, 5.74) is 0.995. The second kappa shape index (κ2) is 8.33. The van der Waals surface area contributed by atoms with Crippen LogP contribution in [0.4, 0.5) is 13.2 Å². The number of ketones is 1. The average molecular weight is 378 g/mol. The zero-order chi connectivity index (χ0) is 20.2. The summed E-state index contributed by atoms with van der Waals surface area (Å²) in [6.45, 7) is 5.26. The number of carbonyl (C=O) groups is 2. The summed E-state index contributed by atoms with van der Waals surface area (Å²) >= 11 is 0. The van der Waals surface area contributed by atoms with Crippen molar-refractivity contribution in [3.63, 3.8) is 0 Å². The van der Waals surface area contributed by atoms with Gasteiger partial charge in [-0.2, -0.15) is 13.2 Å². The molecule has 1 amide bonds. The van der Waals surface area contributed by atoms with E-state index in [1.165, 1.54) is 18.2 Å². The van der Waals surface area contributed by atoms with Gasteiger partial charge in [0.05, 0.1) is 5.56 Å². The monoisotopic (exact) mass is 378 g/mol. The van der Waals surface area contributed by atoms with E-state index < -0.39 is 17.6 Å². The molecule has 1 aromatic heterocycles. The molecule has 0 aliphatic heterocycles. The van der Waals surface area contributed by atoms with Crippen molar-refractivity contribution in [1.82, 2.24) is 10.3 Å². The third-order valence-electron chi connectivity index (χ3n) is 3.98. The molecule has 0 spiro atoms. The number of Topliss-reactive ketones (excluding diaryl/α,β-unsaturated/α-hetero) is 1. The predicted molar refractivity (Wildman–Crippen MR) is 95.1 cm³/mol. The molecule has 0 aliphatic rings. The van der Waals surface area contributed by atoms with Crippen LogP contribution in [0, 0.1) is 12.8 Å². The van der Waals surface area contributed by atoms with Crippen LogP contribution in [-0.2, 0) is 23.9 Å². The summed E-state index contributed by atoms with van der Waals surface area (Å²) in [5.74, 6) is -0.551. The number of amides is 1. The lowest BCUT2D eigenvalue weighted by Gasteiger charge is -2.11. The SMILES string of the molecule is Cc1cc(C(=O)NCc2cccc(C(F)(F)F)c2)cc(CC(=O)C(C)C)n1. The Morgan fingerprint density at radius 3 is 2.48 bits per heavy atom. The number of halogens is 3. The topological polar surface area (TPSA) is 59.1 Å². The highest BCUT2D eigenvalue weighted by Crippen LogP contribution is 2.29. The maximum absolute atomic E-state index is 12.8. The Morgan fingerprint density at radius 2 is 1.85 bits per heavy atom. The Morgan fingerprint density at radius 1 is 1.15 bits per heavy atom. The Labute approximate surface area is 155 Å². The lowest BCUT2D eigenvalue weighted by molar-refractivity contribution is -0.137. The number of benzene rings is 1. The molecule has 0 radical (unpaired) electrons. The maximum atomic E-state index is 12.8. The minimum Gasteiger partial charge on any atom is -0.348 e. The first-order valence-electron chi connectivity index (χ1n) is 8.51. The number of aryl methyl sites for hydroxylation is 1. The van der Waals surface area contributed by atoms with E-state index in [4.69, 9.17) is 0 Å². The van der Waals surface area contributed by atoms with Crippen LogP contribution < -0.4 is 5.32 Å². The van der Waals surface area contributed by atoms with Crippen LogP contribution in [0.5, 0.6) is 0 Å². The van der Waals surface area contributed by atoms with Gasteiger partial charge in [0.25, 0.3) is 5.91 Å². The van der Waals surface area contributed by atoms with Crippen LogP contribution in [-0.4, -0.2) is 16.7 Å². The summed E-state index contributed by atoms with van der Waals surface area (Å²) in [6.07, 6.45) is -4.30. The third-order valence-corrected chi connectivity index (χ3v) is 3.98. The molecule has 0 saturated carbocycles. The van der Waals surface area contributed by atoms with E-state index in [0.717, 1.165) is 12.1 Å². The number of nitrogens with zero attached hydrogens (tertiary/aromatic N) is 1. The molecule has 1 N–H and O–H groups in total. The zero-order valence-electron chi connectivity index (χ0n) is 15.4. The molecule has 7 heteroatoms. The first-order valence-corrected chi connectivity index (χ1v) is 8.51. The van der Waals surface area contributed by atoms with Crippen molar-refractivity contribution in [2.75, 3.05) is 0 Å². The van der Waals surface area contributed by atoms with Crippen molar-refractivity contribution in [2.45, 2.75) is 39.9 Å². The number of carbonyl (C=O) groups excluding carboxylic acids is 2. The zero-order valence-corrected chi connectivity index (χ0v) is 15.4. The standard InChI is InChI=1S/C20H21F3N2O2/c1-12(2)18(26)10-17-9-15(7-13(3)25-17)19(27)24-11-14-5-4-6-16(8-14)20(21,22)23/h4-9,12H,10-11H2,1-3H3,(H,24,27). The molecule has 0 saturated heterocycles. The van der Waals surface area contributed by atoms with Gasteiger partial charge in [0, 0.05) is 35.8 Å². The van der Waals surface area contributed by atoms with Crippen molar-refractivity contribution < 1.29 is 22.8 Å². The van der Waals surface area contributed by atoms with Gasteiger partial charge in [0.1, 0.15) is 5.78 Å².